The van der Waals surface area contributed by atoms with E-state index >= 15 is 0 Å². The van der Waals surface area contributed by atoms with Crippen molar-refractivity contribution in [1.29, 1.82) is 0 Å². The lowest BCUT2D eigenvalue weighted by molar-refractivity contribution is 0.0924. The molecule has 1 aliphatic heterocycles. The summed E-state index contributed by atoms with van der Waals surface area (Å²) in [4.78, 5) is 26.3. The Bertz CT molecular complexity index is 856. The van der Waals surface area contributed by atoms with Crippen LogP contribution in [0.1, 0.15) is 20.7 Å². The Labute approximate surface area is 120 Å². The van der Waals surface area contributed by atoms with E-state index in [-0.39, 0.29) is 11.8 Å². The fourth-order valence-corrected chi connectivity index (χ4v) is 2.72. The zero-order valence-corrected chi connectivity index (χ0v) is 11.3. The Morgan fingerprint density at radius 1 is 0.905 bits per heavy atom. The number of nitrogens with zero attached hydrogens (tertiary/aromatic N) is 3. The summed E-state index contributed by atoms with van der Waals surface area (Å²) >= 11 is 0. The molecule has 1 aromatic heterocycles. The molecule has 4 rings (SSSR count). The van der Waals surface area contributed by atoms with Crippen molar-refractivity contribution in [2.24, 2.45) is 7.05 Å². The molecule has 0 saturated heterocycles. The predicted molar refractivity (Wildman–Crippen MR) is 78.3 cm³/mol. The van der Waals surface area contributed by atoms with Gasteiger partial charge in [0.1, 0.15) is 5.82 Å². The lowest BCUT2D eigenvalue weighted by atomic mass is 10.0. The highest BCUT2D eigenvalue weighted by molar-refractivity contribution is 6.35. The predicted octanol–water partition coefficient (Wildman–Crippen LogP) is 2.37. The normalized spacial score (nSPS) is 14.0. The largest absolute Gasteiger partial charge is 0.268 e. The van der Waals surface area contributed by atoms with Gasteiger partial charge < -0.3 is 0 Å². The van der Waals surface area contributed by atoms with Crippen LogP contribution in [0.3, 0.4) is 0 Å². The fraction of sp³-hybridized carbons (Fsp3) is 0.0625. The van der Waals surface area contributed by atoms with Crippen LogP contribution in [0.25, 0.3) is 10.8 Å². The van der Waals surface area contributed by atoms with E-state index in [4.69, 9.17) is 0 Å². The minimum absolute atomic E-state index is 0.302. The SMILES string of the molecule is Cn1nccc1N1C(=O)c2cc3ccccc3cc2C1=O. The van der Waals surface area contributed by atoms with Gasteiger partial charge in [0, 0.05) is 13.1 Å². The summed E-state index contributed by atoms with van der Waals surface area (Å²) in [5.41, 5.74) is 0.889. The third-order valence-corrected chi connectivity index (χ3v) is 3.78. The maximum atomic E-state index is 12.6. The highest BCUT2D eigenvalue weighted by Gasteiger charge is 2.38. The number of anilines is 1. The quantitative estimate of drug-likeness (QED) is 0.642. The molecule has 1 aliphatic rings. The van der Waals surface area contributed by atoms with Gasteiger partial charge in [0.2, 0.25) is 0 Å². The van der Waals surface area contributed by atoms with Crippen LogP contribution >= 0.6 is 0 Å². The Morgan fingerprint density at radius 3 is 1.95 bits per heavy atom. The summed E-state index contributed by atoms with van der Waals surface area (Å²) in [6.07, 6.45) is 1.56. The Kier molecular flexibility index (Phi) is 2.27. The number of hydrogen-bond donors (Lipinski definition) is 0. The number of rotatable bonds is 1. The first-order valence-electron chi connectivity index (χ1n) is 6.56. The molecule has 21 heavy (non-hydrogen) atoms. The van der Waals surface area contributed by atoms with Gasteiger partial charge in [0.15, 0.2) is 0 Å². The first kappa shape index (κ1) is 11.8. The van der Waals surface area contributed by atoms with Crippen molar-refractivity contribution in [3.05, 3.63) is 59.8 Å². The topological polar surface area (TPSA) is 55.2 Å². The van der Waals surface area contributed by atoms with Crippen molar-refractivity contribution in [2.75, 3.05) is 4.90 Å². The van der Waals surface area contributed by atoms with Crippen LogP contribution in [0.15, 0.2) is 48.7 Å². The van der Waals surface area contributed by atoms with Crippen molar-refractivity contribution >= 4 is 28.4 Å². The first-order valence-corrected chi connectivity index (χ1v) is 6.56. The molecule has 0 N–H and O–H groups in total. The molecule has 3 aromatic rings. The van der Waals surface area contributed by atoms with Crippen LogP contribution in [0.5, 0.6) is 0 Å². The van der Waals surface area contributed by atoms with Crippen LogP contribution in [-0.2, 0) is 7.05 Å². The molecular formula is C16H11N3O2. The second kappa shape index (κ2) is 4.02. The summed E-state index contributed by atoms with van der Waals surface area (Å²) in [7, 11) is 1.70. The zero-order valence-electron chi connectivity index (χ0n) is 11.3. The highest BCUT2D eigenvalue weighted by Crippen LogP contribution is 2.31. The number of aryl methyl sites for hydroxylation is 1. The Morgan fingerprint density at radius 2 is 1.48 bits per heavy atom. The molecule has 2 amide bonds. The van der Waals surface area contributed by atoms with Crippen LogP contribution < -0.4 is 4.90 Å². The maximum absolute atomic E-state index is 12.6. The van der Waals surface area contributed by atoms with E-state index in [0.29, 0.717) is 16.9 Å². The lowest BCUT2D eigenvalue weighted by Gasteiger charge is -2.12. The van der Waals surface area contributed by atoms with Crippen molar-refractivity contribution in [2.45, 2.75) is 0 Å². The molecule has 5 heteroatoms. The monoisotopic (exact) mass is 277 g/mol. The van der Waals surface area contributed by atoms with Crippen LogP contribution in [0, 0.1) is 0 Å². The third kappa shape index (κ3) is 1.54. The molecule has 0 spiro atoms. The average molecular weight is 277 g/mol. The van der Waals surface area contributed by atoms with Gasteiger partial charge in [-0.2, -0.15) is 5.10 Å². The van der Waals surface area contributed by atoms with Gasteiger partial charge in [-0.25, -0.2) is 4.90 Å². The standard InChI is InChI=1S/C16H11N3O2/c1-18-14(6-7-17-18)19-15(20)12-8-10-4-2-3-5-11(10)9-13(12)16(19)21/h2-9H,1H3. The molecule has 102 valence electrons. The Balaban J connectivity index is 1.94. The van der Waals surface area contributed by atoms with E-state index in [1.165, 1.54) is 9.58 Å². The molecule has 0 unspecified atom stereocenters. The smallest absolute Gasteiger partial charge is 0.267 e. The zero-order chi connectivity index (χ0) is 14.6. The van der Waals surface area contributed by atoms with Gasteiger partial charge in [0.05, 0.1) is 17.3 Å². The van der Waals surface area contributed by atoms with E-state index in [1.807, 2.05) is 24.3 Å². The molecule has 0 bridgehead atoms. The average Bonchev–Trinajstić information content (AvgIpc) is 3.00. The molecule has 5 nitrogen and oxygen atoms in total. The molecule has 2 aromatic carbocycles. The lowest BCUT2D eigenvalue weighted by Crippen LogP contribution is -2.31. The second-order valence-corrected chi connectivity index (χ2v) is 5.00. The minimum atomic E-state index is -0.302. The van der Waals surface area contributed by atoms with E-state index in [0.717, 1.165) is 10.8 Å². The number of fused-ring (bicyclic) bond motifs is 2. The Hall–Kier alpha value is -2.95. The van der Waals surface area contributed by atoms with Crippen molar-refractivity contribution in [1.82, 2.24) is 9.78 Å². The van der Waals surface area contributed by atoms with Gasteiger partial charge >= 0.3 is 0 Å². The third-order valence-electron chi connectivity index (χ3n) is 3.78. The summed E-state index contributed by atoms with van der Waals surface area (Å²) in [6.45, 7) is 0. The molecule has 2 heterocycles. The molecule has 0 aliphatic carbocycles. The van der Waals surface area contributed by atoms with E-state index in [2.05, 4.69) is 5.10 Å². The molecular weight excluding hydrogens is 266 g/mol. The van der Waals surface area contributed by atoms with E-state index in [9.17, 15) is 9.59 Å². The fourth-order valence-electron chi connectivity index (χ4n) is 2.72. The number of carbonyl (C=O) groups excluding carboxylic acids is 2. The summed E-state index contributed by atoms with van der Waals surface area (Å²) in [6, 6.07) is 12.9. The first-order chi connectivity index (χ1) is 10.2. The number of imide groups is 1. The van der Waals surface area contributed by atoms with Gasteiger partial charge in [-0.3, -0.25) is 14.3 Å². The van der Waals surface area contributed by atoms with E-state index < -0.39 is 0 Å². The molecule has 0 radical (unpaired) electrons. The van der Waals surface area contributed by atoms with Crippen molar-refractivity contribution in [3.8, 4) is 0 Å². The number of carbonyl (C=O) groups is 2. The summed E-state index contributed by atoms with van der Waals surface area (Å²) < 4.78 is 1.52. The van der Waals surface area contributed by atoms with Gasteiger partial charge in [0.25, 0.3) is 11.8 Å². The molecule has 0 fully saturated rings. The van der Waals surface area contributed by atoms with Crippen LogP contribution in [-0.4, -0.2) is 21.6 Å². The number of aromatic nitrogens is 2. The number of benzene rings is 2. The van der Waals surface area contributed by atoms with Gasteiger partial charge in [-0.15, -0.1) is 0 Å². The van der Waals surface area contributed by atoms with Crippen molar-refractivity contribution < 1.29 is 9.59 Å². The number of amides is 2. The van der Waals surface area contributed by atoms with Gasteiger partial charge in [-0.05, 0) is 22.9 Å². The van der Waals surface area contributed by atoms with Crippen LogP contribution in [0.4, 0.5) is 5.82 Å². The summed E-state index contributed by atoms with van der Waals surface area (Å²) in [5, 5.41) is 5.92. The maximum Gasteiger partial charge on any atom is 0.267 e. The minimum Gasteiger partial charge on any atom is -0.268 e. The van der Waals surface area contributed by atoms with Gasteiger partial charge in [-0.1, -0.05) is 24.3 Å². The van der Waals surface area contributed by atoms with Crippen molar-refractivity contribution in [3.63, 3.8) is 0 Å². The highest BCUT2D eigenvalue weighted by atomic mass is 16.2. The molecule has 0 atom stereocenters. The summed E-state index contributed by atoms with van der Waals surface area (Å²) in [5.74, 6) is -0.126. The molecule has 0 saturated carbocycles. The van der Waals surface area contributed by atoms with E-state index in [1.54, 1.807) is 31.4 Å². The van der Waals surface area contributed by atoms with Crippen LogP contribution in [0.2, 0.25) is 0 Å². The number of hydrogen-bond acceptors (Lipinski definition) is 3. The second-order valence-electron chi connectivity index (χ2n) is 5.00.